The van der Waals surface area contributed by atoms with Crippen molar-refractivity contribution < 1.29 is 4.74 Å². The summed E-state index contributed by atoms with van der Waals surface area (Å²) in [5.41, 5.74) is 2.54. The minimum absolute atomic E-state index is 0.0832. The molecule has 1 N–H and O–H groups in total. The van der Waals surface area contributed by atoms with E-state index in [1.54, 1.807) is 0 Å². The van der Waals surface area contributed by atoms with Gasteiger partial charge in [0.25, 0.3) is 0 Å². The Morgan fingerprint density at radius 2 is 2.15 bits per heavy atom. The molecule has 0 amide bonds. The summed E-state index contributed by atoms with van der Waals surface area (Å²) in [5.74, 6) is 0. The van der Waals surface area contributed by atoms with Crippen LogP contribution in [0.5, 0.6) is 0 Å². The van der Waals surface area contributed by atoms with Crippen molar-refractivity contribution >= 4 is 0 Å². The lowest BCUT2D eigenvalue weighted by atomic mass is 9.89. The lowest BCUT2D eigenvalue weighted by Crippen LogP contribution is -2.44. The van der Waals surface area contributed by atoms with Crippen LogP contribution in [-0.2, 0) is 23.7 Å². The van der Waals surface area contributed by atoms with Crippen LogP contribution in [0.2, 0.25) is 0 Å². The van der Waals surface area contributed by atoms with Crippen molar-refractivity contribution in [1.82, 2.24) is 20.0 Å². The average Bonchev–Trinajstić information content (AvgIpc) is 2.70. The molecular weight excluding hydrogens is 252 g/mol. The van der Waals surface area contributed by atoms with E-state index in [1.807, 2.05) is 11.7 Å². The smallest absolute Gasteiger partial charge is 0.0826 e. The van der Waals surface area contributed by atoms with Crippen LogP contribution in [-0.4, -0.2) is 54.1 Å². The highest BCUT2D eigenvalue weighted by Crippen LogP contribution is 2.23. The fourth-order valence-corrected chi connectivity index (χ4v) is 2.66. The van der Waals surface area contributed by atoms with Gasteiger partial charge in [0.1, 0.15) is 0 Å². The van der Waals surface area contributed by atoms with E-state index in [-0.39, 0.29) is 5.41 Å². The molecule has 2 heterocycles. The highest BCUT2D eigenvalue weighted by molar-refractivity contribution is 5.23. The van der Waals surface area contributed by atoms with E-state index >= 15 is 0 Å². The summed E-state index contributed by atoms with van der Waals surface area (Å²) in [5, 5.41) is 8.11. The third kappa shape index (κ3) is 4.04. The van der Waals surface area contributed by atoms with Crippen molar-refractivity contribution in [2.45, 2.75) is 38.8 Å². The summed E-state index contributed by atoms with van der Waals surface area (Å²) in [4.78, 5) is 2.32. The number of aryl methyl sites for hydroxylation is 1. The molecule has 1 aliphatic heterocycles. The van der Waals surface area contributed by atoms with Crippen LogP contribution < -0.4 is 5.32 Å². The van der Waals surface area contributed by atoms with Gasteiger partial charge in [0.05, 0.1) is 18.4 Å². The van der Waals surface area contributed by atoms with E-state index in [0.29, 0.717) is 6.10 Å². The fraction of sp³-hybridized carbons (Fsp3) is 0.800. The highest BCUT2D eigenvalue weighted by Gasteiger charge is 2.22. The molecule has 20 heavy (non-hydrogen) atoms. The van der Waals surface area contributed by atoms with Crippen LogP contribution >= 0.6 is 0 Å². The first-order valence-electron chi connectivity index (χ1n) is 7.40. The van der Waals surface area contributed by atoms with Gasteiger partial charge in [-0.1, -0.05) is 20.8 Å². The molecule has 2 rings (SSSR count). The van der Waals surface area contributed by atoms with Gasteiger partial charge in [-0.15, -0.1) is 0 Å². The Kier molecular flexibility index (Phi) is 4.83. The van der Waals surface area contributed by atoms with Crippen LogP contribution in [0.1, 0.15) is 32.0 Å². The Balaban J connectivity index is 1.88. The van der Waals surface area contributed by atoms with Crippen molar-refractivity contribution in [1.29, 1.82) is 0 Å². The van der Waals surface area contributed by atoms with E-state index < -0.39 is 0 Å². The normalized spacial score (nSPS) is 21.4. The van der Waals surface area contributed by atoms with Gasteiger partial charge in [-0.3, -0.25) is 4.68 Å². The van der Waals surface area contributed by atoms with Crippen molar-refractivity contribution in [2.24, 2.45) is 7.05 Å². The third-order valence-corrected chi connectivity index (χ3v) is 3.64. The van der Waals surface area contributed by atoms with E-state index in [1.165, 1.54) is 11.3 Å². The quantitative estimate of drug-likeness (QED) is 0.898. The molecule has 1 aromatic rings. The maximum absolute atomic E-state index is 5.76. The van der Waals surface area contributed by atoms with Crippen molar-refractivity contribution in [3.8, 4) is 0 Å². The van der Waals surface area contributed by atoms with Crippen molar-refractivity contribution in [3.05, 3.63) is 17.5 Å². The van der Waals surface area contributed by atoms with Crippen LogP contribution in [0.15, 0.2) is 6.20 Å². The van der Waals surface area contributed by atoms with Gasteiger partial charge < -0.3 is 15.0 Å². The van der Waals surface area contributed by atoms with E-state index in [2.05, 4.69) is 49.3 Å². The molecular formula is C15H28N4O. The first-order chi connectivity index (χ1) is 9.36. The minimum atomic E-state index is 0.0832. The zero-order valence-corrected chi connectivity index (χ0v) is 13.4. The topological polar surface area (TPSA) is 42.3 Å². The molecule has 5 nitrogen and oxygen atoms in total. The van der Waals surface area contributed by atoms with Gasteiger partial charge in [0.2, 0.25) is 0 Å². The predicted octanol–water partition coefficient (Wildman–Crippen LogP) is 1.14. The number of ether oxygens (including phenoxy) is 1. The molecule has 0 saturated carbocycles. The number of nitrogens with zero attached hydrogens (tertiary/aromatic N) is 3. The molecule has 1 fully saturated rings. The predicted molar refractivity (Wildman–Crippen MR) is 80.9 cm³/mol. The second-order valence-corrected chi connectivity index (χ2v) is 6.81. The lowest BCUT2D eigenvalue weighted by Gasteiger charge is -2.30. The number of aromatic nitrogens is 2. The maximum Gasteiger partial charge on any atom is 0.0826 e. The molecule has 114 valence electrons. The van der Waals surface area contributed by atoms with Crippen molar-refractivity contribution in [2.75, 3.05) is 33.3 Å². The Hall–Kier alpha value is -0.910. The molecule has 1 atom stereocenters. The van der Waals surface area contributed by atoms with Crippen molar-refractivity contribution in [3.63, 3.8) is 0 Å². The van der Waals surface area contributed by atoms with Gasteiger partial charge in [-0.05, 0) is 7.05 Å². The molecule has 1 aromatic heterocycles. The Morgan fingerprint density at radius 3 is 2.80 bits per heavy atom. The zero-order chi connectivity index (χ0) is 14.8. The number of likely N-dealkylation sites (N-methyl/N-ethyl adjacent to an activating group) is 1. The number of hydrogen-bond donors (Lipinski definition) is 1. The summed E-state index contributed by atoms with van der Waals surface area (Å²) in [6.07, 6.45) is 2.41. The molecule has 1 unspecified atom stereocenters. The van der Waals surface area contributed by atoms with Gasteiger partial charge in [-0.2, -0.15) is 5.10 Å². The molecule has 1 saturated heterocycles. The Labute approximate surface area is 122 Å². The molecule has 5 heteroatoms. The van der Waals surface area contributed by atoms with Gasteiger partial charge in [0.15, 0.2) is 0 Å². The summed E-state index contributed by atoms with van der Waals surface area (Å²) in [6, 6.07) is 0. The first kappa shape index (κ1) is 15.5. The fourth-order valence-electron chi connectivity index (χ4n) is 2.66. The van der Waals surface area contributed by atoms with E-state index in [9.17, 15) is 0 Å². The van der Waals surface area contributed by atoms with Gasteiger partial charge in [-0.25, -0.2) is 0 Å². The molecule has 1 aliphatic rings. The molecule has 0 spiro atoms. The van der Waals surface area contributed by atoms with E-state index in [0.717, 1.165) is 32.8 Å². The third-order valence-electron chi connectivity index (χ3n) is 3.64. The van der Waals surface area contributed by atoms with Gasteiger partial charge in [0, 0.05) is 50.4 Å². The summed E-state index contributed by atoms with van der Waals surface area (Å²) in [7, 11) is 4.13. The standard InChI is InChI=1S/C15H28N4O/c1-15(2,3)14-12(10-19(5)17-14)8-16-9-13-11-18(4)6-7-20-13/h10,13,16H,6-9,11H2,1-5H3. The Morgan fingerprint density at radius 1 is 1.40 bits per heavy atom. The highest BCUT2D eigenvalue weighted by atomic mass is 16.5. The van der Waals surface area contributed by atoms with Crippen LogP contribution in [0, 0.1) is 0 Å². The zero-order valence-electron chi connectivity index (χ0n) is 13.4. The van der Waals surface area contributed by atoms with Gasteiger partial charge >= 0.3 is 0 Å². The number of nitrogens with one attached hydrogen (secondary N) is 1. The summed E-state index contributed by atoms with van der Waals surface area (Å²) >= 11 is 0. The monoisotopic (exact) mass is 280 g/mol. The maximum atomic E-state index is 5.76. The van der Waals surface area contributed by atoms with E-state index in [4.69, 9.17) is 4.74 Å². The SMILES string of the molecule is CN1CCOC(CNCc2cn(C)nc2C(C)(C)C)C1. The Bertz CT molecular complexity index is 436. The average molecular weight is 280 g/mol. The summed E-state index contributed by atoms with van der Waals surface area (Å²) in [6.45, 7) is 11.2. The molecule has 0 radical (unpaired) electrons. The molecule has 0 aromatic carbocycles. The number of morpholine rings is 1. The number of rotatable bonds is 4. The second-order valence-electron chi connectivity index (χ2n) is 6.81. The second kappa shape index (κ2) is 6.24. The minimum Gasteiger partial charge on any atom is -0.374 e. The molecule has 0 aliphatic carbocycles. The molecule has 0 bridgehead atoms. The van der Waals surface area contributed by atoms with Crippen LogP contribution in [0.3, 0.4) is 0 Å². The van der Waals surface area contributed by atoms with Crippen LogP contribution in [0.4, 0.5) is 0 Å². The first-order valence-corrected chi connectivity index (χ1v) is 7.40. The van der Waals surface area contributed by atoms with Crippen LogP contribution in [0.25, 0.3) is 0 Å². The summed E-state index contributed by atoms with van der Waals surface area (Å²) < 4.78 is 7.67. The largest absolute Gasteiger partial charge is 0.374 e. The lowest BCUT2D eigenvalue weighted by molar-refractivity contribution is -0.0182. The number of hydrogen-bond acceptors (Lipinski definition) is 4.